The van der Waals surface area contributed by atoms with E-state index in [0.717, 1.165) is 38.7 Å². The summed E-state index contributed by atoms with van der Waals surface area (Å²) in [4.78, 5) is 12.0. The zero-order valence-electron chi connectivity index (χ0n) is 15.9. The van der Waals surface area contributed by atoms with Crippen LogP contribution in [0.4, 0.5) is 0 Å². The van der Waals surface area contributed by atoms with Crippen molar-refractivity contribution in [1.82, 2.24) is 0 Å². The maximum absolute atomic E-state index is 12.0. The molecule has 0 amide bonds. The number of hydrogen-bond acceptors (Lipinski definition) is 3. The first-order chi connectivity index (χ1) is 13.2. The Labute approximate surface area is 161 Å². The van der Waals surface area contributed by atoms with E-state index in [2.05, 4.69) is 42.5 Å². The van der Waals surface area contributed by atoms with Crippen molar-refractivity contribution in [3.05, 3.63) is 82.4 Å². The summed E-state index contributed by atoms with van der Waals surface area (Å²) in [6.45, 7) is 1.50. The second-order valence-corrected chi connectivity index (χ2v) is 7.52. The minimum absolute atomic E-state index is 0.00658. The summed E-state index contributed by atoms with van der Waals surface area (Å²) in [5.74, 6) is -0.262. The zero-order valence-corrected chi connectivity index (χ0v) is 15.9. The van der Waals surface area contributed by atoms with E-state index in [4.69, 9.17) is 9.47 Å². The predicted molar refractivity (Wildman–Crippen MR) is 106 cm³/mol. The van der Waals surface area contributed by atoms with Gasteiger partial charge in [-0.1, -0.05) is 48.0 Å². The van der Waals surface area contributed by atoms with E-state index in [1.807, 2.05) is 12.1 Å². The van der Waals surface area contributed by atoms with Crippen molar-refractivity contribution in [3.63, 3.8) is 0 Å². The van der Waals surface area contributed by atoms with Crippen LogP contribution in [0.2, 0.25) is 0 Å². The number of hydrogen-bond donors (Lipinski definition) is 0. The van der Waals surface area contributed by atoms with Gasteiger partial charge in [0.2, 0.25) is 0 Å². The third kappa shape index (κ3) is 3.44. The Morgan fingerprint density at radius 2 is 2.00 bits per heavy atom. The van der Waals surface area contributed by atoms with Crippen molar-refractivity contribution in [3.8, 4) is 0 Å². The van der Waals surface area contributed by atoms with Gasteiger partial charge in [0.25, 0.3) is 0 Å². The maximum Gasteiger partial charge on any atom is 0.337 e. The Morgan fingerprint density at radius 3 is 2.81 bits per heavy atom. The summed E-state index contributed by atoms with van der Waals surface area (Å²) in [6, 6.07) is 16.9. The number of fused-ring (bicyclic) bond motifs is 3. The number of esters is 1. The van der Waals surface area contributed by atoms with E-state index in [-0.39, 0.29) is 11.4 Å². The highest BCUT2D eigenvalue weighted by atomic mass is 16.5. The largest absolute Gasteiger partial charge is 0.465 e. The van der Waals surface area contributed by atoms with Gasteiger partial charge in [-0.05, 0) is 60.9 Å². The van der Waals surface area contributed by atoms with Crippen molar-refractivity contribution in [2.45, 2.75) is 37.5 Å². The number of ether oxygens (including phenoxy) is 2. The third-order valence-electron chi connectivity index (χ3n) is 6.01. The van der Waals surface area contributed by atoms with Crippen LogP contribution >= 0.6 is 0 Å². The molecule has 2 aliphatic rings. The molecule has 0 fully saturated rings. The number of carbonyl (C=O) groups is 1. The molecule has 2 aromatic rings. The van der Waals surface area contributed by atoms with Crippen LogP contribution in [0.1, 0.15) is 46.3 Å². The number of rotatable bonds is 3. The number of benzene rings is 2. The highest BCUT2D eigenvalue weighted by Gasteiger charge is 2.40. The van der Waals surface area contributed by atoms with Gasteiger partial charge < -0.3 is 9.47 Å². The van der Waals surface area contributed by atoms with Crippen LogP contribution in [-0.4, -0.2) is 26.3 Å². The van der Waals surface area contributed by atoms with Crippen molar-refractivity contribution < 1.29 is 14.3 Å². The lowest BCUT2D eigenvalue weighted by Crippen LogP contribution is -2.37. The molecule has 0 aromatic heterocycles. The molecule has 0 bridgehead atoms. The third-order valence-corrected chi connectivity index (χ3v) is 6.01. The molecule has 1 aliphatic carbocycles. The first-order valence-electron chi connectivity index (χ1n) is 9.76. The van der Waals surface area contributed by atoms with Crippen LogP contribution < -0.4 is 0 Å². The second-order valence-electron chi connectivity index (χ2n) is 7.52. The van der Waals surface area contributed by atoms with Crippen molar-refractivity contribution in [2.75, 3.05) is 20.3 Å². The summed E-state index contributed by atoms with van der Waals surface area (Å²) in [6.07, 6.45) is 7.39. The fourth-order valence-corrected chi connectivity index (χ4v) is 4.75. The molecule has 1 atom stereocenters. The van der Waals surface area contributed by atoms with Gasteiger partial charge in [0.05, 0.1) is 19.3 Å². The minimum atomic E-state index is -0.262. The molecule has 0 spiro atoms. The molecule has 0 N–H and O–H groups in total. The summed E-state index contributed by atoms with van der Waals surface area (Å²) in [5, 5.41) is 0. The molecule has 140 valence electrons. The molecule has 4 rings (SSSR count). The van der Waals surface area contributed by atoms with Gasteiger partial charge in [0, 0.05) is 12.0 Å². The normalized spacial score (nSPS) is 21.9. The van der Waals surface area contributed by atoms with E-state index in [1.54, 1.807) is 0 Å². The van der Waals surface area contributed by atoms with Crippen molar-refractivity contribution in [2.24, 2.45) is 0 Å². The van der Waals surface area contributed by atoms with Gasteiger partial charge in [-0.2, -0.15) is 0 Å². The zero-order chi connectivity index (χ0) is 18.7. The van der Waals surface area contributed by atoms with Gasteiger partial charge in [-0.3, -0.25) is 0 Å². The summed E-state index contributed by atoms with van der Waals surface area (Å²) < 4.78 is 10.7. The molecule has 0 radical (unpaired) electrons. The molecule has 0 saturated heterocycles. The topological polar surface area (TPSA) is 35.5 Å². The Morgan fingerprint density at radius 1 is 1.15 bits per heavy atom. The van der Waals surface area contributed by atoms with E-state index in [1.165, 1.54) is 29.4 Å². The summed E-state index contributed by atoms with van der Waals surface area (Å²) >= 11 is 0. The predicted octanol–water partition coefficient (Wildman–Crippen LogP) is 4.64. The van der Waals surface area contributed by atoms with Gasteiger partial charge in [-0.15, -0.1) is 0 Å². The lowest BCUT2D eigenvalue weighted by Gasteiger charge is -2.43. The molecule has 1 heterocycles. The van der Waals surface area contributed by atoms with Crippen molar-refractivity contribution in [1.29, 1.82) is 0 Å². The van der Waals surface area contributed by atoms with E-state index in [9.17, 15) is 4.79 Å². The molecule has 2 aromatic carbocycles. The molecule has 3 heteroatoms. The molecule has 27 heavy (non-hydrogen) atoms. The lowest BCUT2D eigenvalue weighted by atomic mass is 9.61. The molecule has 1 unspecified atom stereocenters. The minimum Gasteiger partial charge on any atom is -0.465 e. The second kappa shape index (κ2) is 7.69. The van der Waals surface area contributed by atoms with Crippen LogP contribution in [0.25, 0.3) is 0 Å². The Hall–Kier alpha value is -2.39. The quantitative estimate of drug-likeness (QED) is 0.590. The summed E-state index contributed by atoms with van der Waals surface area (Å²) in [7, 11) is 1.44. The molecule has 3 nitrogen and oxygen atoms in total. The number of carbonyl (C=O) groups excluding carboxylic acids is 1. The lowest BCUT2D eigenvalue weighted by molar-refractivity contribution is 0.0600. The van der Waals surface area contributed by atoms with Crippen LogP contribution in [0.3, 0.4) is 0 Å². The molecular weight excluding hydrogens is 336 g/mol. The Kier molecular flexibility index (Phi) is 5.13. The smallest absolute Gasteiger partial charge is 0.337 e. The van der Waals surface area contributed by atoms with Crippen LogP contribution in [0, 0.1) is 0 Å². The fourth-order valence-electron chi connectivity index (χ4n) is 4.75. The van der Waals surface area contributed by atoms with E-state index < -0.39 is 0 Å². The van der Waals surface area contributed by atoms with E-state index in [0.29, 0.717) is 12.2 Å². The molecule has 0 saturated carbocycles. The highest BCUT2D eigenvalue weighted by molar-refractivity contribution is 5.89. The maximum atomic E-state index is 12.0. The highest BCUT2D eigenvalue weighted by Crippen LogP contribution is 2.47. The first-order valence-corrected chi connectivity index (χ1v) is 9.76. The van der Waals surface area contributed by atoms with Crippen LogP contribution in [-0.2, 0) is 27.7 Å². The molecule has 1 aliphatic heterocycles. The first kappa shape index (κ1) is 18.0. The number of allylic oxidation sites excluding steroid dienone is 1. The monoisotopic (exact) mass is 362 g/mol. The van der Waals surface area contributed by atoms with Gasteiger partial charge in [0.15, 0.2) is 0 Å². The van der Waals surface area contributed by atoms with Gasteiger partial charge in [-0.25, -0.2) is 4.79 Å². The standard InChI is InChI=1S/C24H26O3/c1-26-23(25)20-9-11-22-19(16-20)8-10-21-12-15-27-14-5-13-24(21,22)17-18-6-3-2-4-7-18/h2-4,6-7,9,11-12,16H,5,8,10,13-15,17H2,1H3. The van der Waals surface area contributed by atoms with Gasteiger partial charge in [0.1, 0.15) is 0 Å². The number of aryl methyl sites for hydroxylation is 1. The van der Waals surface area contributed by atoms with Crippen LogP contribution in [0.5, 0.6) is 0 Å². The van der Waals surface area contributed by atoms with Crippen LogP contribution in [0.15, 0.2) is 60.2 Å². The fraction of sp³-hybridized carbons (Fsp3) is 0.375. The summed E-state index contributed by atoms with van der Waals surface area (Å²) in [5.41, 5.74) is 6.14. The SMILES string of the molecule is COC(=O)c1ccc2c(c1)CCC1=CCOCCCC12Cc1ccccc1. The average Bonchev–Trinajstić information content (AvgIpc) is 2.69. The Balaban J connectivity index is 1.83. The molecular formula is C24H26O3. The average molecular weight is 362 g/mol. The van der Waals surface area contributed by atoms with Gasteiger partial charge >= 0.3 is 5.97 Å². The number of methoxy groups -OCH3 is 1. The van der Waals surface area contributed by atoms with E-state index >= 15 is 0 Å². The Bertz CT molecular complexity index is 853. The van der Waals surface area contributed by atoms with Crippen molar-refractivity contribution >= 4 is 5.97 Å².